The summed E-state index contributed by atoms with van der Waals surface area (Å²) in [5.74, 6) is -2.43. The Morgan fingerprint density at radius 1 is 1.09 bits per heavy atom. The average molecular weight is 454 g/mol. The van der Waals surface area contributed by atoms with E-state index in [-0.39, 0.29) is 11.5 Å². The predicted molar refractivity (Wildman–Crippen MR) is 127 cm³/mol. The Bertz CT molecular complexity index is 1170. The van der Waals surface area contributed by atoms with Crippen LogP contribution >= 0.6 is 0 Å². The summed E-state index contributed by atoms with van der Waals surface area (Å²) in [4.78, 5) is 17.3. The van der Waals surface area contributed by atoms with Crippen molar-refractivity contribution >= 4 is 17.6 Å². The number of hydrogen-bond acceptors (Lipinski definition) is 3. The molecular formula is C25H29F2N5O. The Hall–Kier alpha value is -3.55. The molecule has 0 fully saturated rings. The van der Waals surface area contributed by atoms with Gasteiger partial charge >= 0.3 is 0 Å². The van der Waals surface area contributed by atoms with Gasteiger partial charge in [0.1, 0.15) is 0 Å². The monoisotopic (exact) mass is 453 g/mol. The van der Waals surface area contributed by atoms with E-state index in [1.165, 1.54) is 6.07 Å². The second-order valence-electron chi connectivity index (χ2n) is 7.66. The van der Waals surface area contributed by atoms with Crippen molar-refractivity contribution in [3.63, 3.8) is 0 Å². The average Bonchev–Trinajstić information content (AvgIpc) is 3.08. The lowest BCUT2D eigenvalue weighted by Crippen LogP contribution is -2.36. The number of aliphatic imine (C=N–C) groups is 1. The van der Waals surface area contributed by atoms with Crippen LogP contribution in [0.15, 0.2) is 47.5 Å². The molecule has 2 aromatic carbocycles. The summed E-state index contributed by atoms with van der Waals surface area (Å²) in [6, 6.07) is 10.8. The van der Waals surface area contributed by atoms with Crippen LogP contribution in [0.4, 0.5) is 14.5 Å². The molecule has 0 spiro atoms. The van der Waals surface area contributed by atoms with E-state index in [1.807, 2.05) is 56.6 Å². The number of benzene rings is 2. The molecule has 6 nitrogen and oxygen atoms in total. The van der Waals surface area contributed by atoms with Crippen LogP contribution in [-0.2, 0) is 19.4 Å². The third-order valence-electron chi connectivity index (χ3n) is 5.53. The van der Waals surface area contributed by atoms with Crippen molar-refractivity contribution in [3.8, 4) is 0 Å². The van der Waals surface area contributed by atoms with E-state index in [2.05, 4.69) is 20.7 Å². The molecule has 2 N–H and O–H groups in total. The van der Waals surface area contributed by atoms with Crippen LogP contribution in [0.3, 0.4) is 0 Å². The van der Waals surface area contributed by atoms with Gasteiger partial charge in [-0.25, -0.2) is 8.78 Å². The van der Waals surface area contributed by atoms with Gasteiger partial charge in [-0.3, -0.25) is 19.8 Å². The minimum atomic E-state index is -1.08. The molecule has 0 bridgehead atoms. The number of aryl methyl sites for hydroxylation is 3. The van der Waals surface area contributed by atoms with Crippen LogP contribution in [0.2, 0.25) is 0 Å². The van der Waals surface area contributed by atoms with Gasteiger partial charge in [-0.05, 0) is 69.0 Å². The van der Waals surface area contributed by atoms with Crippen LogP contribution in [0.5, 0.6) is 0 Å². The zero-order valence-corrected chi connectivity index (χ0v) is 19.4. The second kappa shape index (κ2) is 10.8. The smallest absolute Gasteiger partial charge is 0.258 e. The van der Waals surface area contributed by atoms with Crippen molar-refractivity contribution in [2.75, 3.05) is 11.9 Å². The Balaban J connectivity index is 1.83. The summed E-state index contributed by atoms with van der Waals surface area (Å²) < 4.78 is 28.8. The number of carbonyl (C=O) groups is 1. The molecule has 0 aliphatic heterocycles. The molecule has 1 heterocycles. The first-order valence-corrected chi connectivity index (χ1v) is 11.0. The molecule has 0 atom stereocenters. The number of rotatable bonds is 7. The number of nitrogens with one attached hydrogen (secondary N) is 2. The fourth-order valence-corrected chi connectivity index (χ4v) is 3.69. The summed E-state index contributed by atoms with van der Waals surface area (Å²) in [5.41, 5.74) is 5.06. The number of carbonyl (C=O) groups excluding carboxylic acids is 1. The Labute approximate surface area is 192 Å². The van der Waals surface area contributed by atoms with Gasteiger partial charge in [0, 0.05) is 30.0 Å². The number of halogens is 2. The lowest BCUT2D eigenvalue weighted by molar-refractivity contribution is 0.0976. The predicted octanol–water partition coefficient (Wildman–Crippen LogP) is 4.80. The molecule has 0 radical (unpaired) electrons. The fourth-order valence-electron chi connectivity index (χ4n) is 3.69. The van der Waals surface area contributed by atoms with E-state index < -0.39 is 17.5 Å². The number of nitrogens with zero attached hydrogens (tertiary/aromatic N) is 3. The number of guanidine groups is 1. The third-order valence-corrected chi connectivity index (χ3v) is 5.53. The van der Waals surface area contributed by atoms with Gasteiger partial charge < -0.3 is 5.32 Å². The van der Waals surface area contributed by atoms with Gasteiger partial charge in [0.25, 0.3) is 5.91 Å². The molecular weight excluding hydrogens is 424 g/mol. The van der Waals surface area contributed by atoms with Crippen molar-refractivity contribution in [3.05, 3.63) is 82.2 Å². The molecule has 0 saturated heterocycles. The summed E-state index contributed by atoms with van der Waals surface area (Å²) in [5, 5.41) is 10.4. The molecule has 0 aliphatic carbocycles. The first kappa shape index (κ1) is 24.1. The SMILES string of the molecule is CCc1ccccc1NC(=NCCc1c(C)nn(CC)c1C)NC(=O)c1ccc(F)c(F)c1. The normalized spacial score (nSPS) is 11.5. The summed E-state index contributed by atoms with van der Waals surface area (Å²) in [6.07, 6.45) is 1.45. The van der Waals surface area contributed by atoms with Gasteiger partial charge in [-0.15, -0.1) is 0 Å². The molecule has 3 rings (SSSR count). The van der Waals surface area contributed by atoms with E-state index >= 15 is 0 Å². The van der Waals surface area contributed by atoms with Crippen molar-refractivity contribution < 1.29 is 13.6 Å². The van der Waals surface area contributed by atoms with Gasteiger partial charge in [-0.1, -0.05) is 25.1 Å². The van der Waals surface area contributed by atoms with E-state index in [0.29, 0.717) is 13.0 Å². The lowest BCUT2D eigenvalue weighted by atomic mass is 10.1. The topological polar surface area (TPSA) is 71.3 Å². The highest BCUT2D eigenvalue weighted by Crippen LogP contribution is 2.16. The Morgan fingerprint density at radius 2 is 1.85 bits per heavy atom. The standard InChI is InChI=1S/C25H29F2N5O/c1-5-18-9-7-8-10-23(18)29-25(30-24(33)19-11-12-21(26)22(27)15-19)28-14-13-20-16(3)31-32(6-2)17(20)4/h7-12,15H,5-6,13-14H2,1-4H3,(H2,28,29,30,33). The van der Waals surface area contributed by atoms with Crippen LogP contribution in [0.25, 0.3) is 0 Å². The largest absolute Gasteiger partial charge is 0.326 e. The zero-order chi connectivity index (χ0) is 24.0. The highest BCUT2D eigenvalue weighted by atomic mass is 19.2. The molecule has 0 saturated carbocycles. The van der Waals surface area contributed by atoms with Gasteiger partial charge in [0.15, 0.2) is 11.6 Å². The van der Waals surface area contributed by atoms with Crippen molar-refractivity contribution in [1.29, 1.82) is 0 Å². The highest BCUT2D eigenvalue weighted by Gasteiger charge is 2.14. The molecule has 8 heteroatoms. The lowest BCUT2D eigenvalue weighted by Gasteiger charge is -2.14. The maximum Gasteiger partial charge on any atom is 0.258 e. The first-order valence-electron chi connectivity index (χ1n) is 11.0. The third kappa shape index (κ3) is 5.83. The van der Waals surface area contributed by atoms with E-state index in [4.69, 9.17) is 0 Å². The molecule has 0 unspecified atom stereocenters. The number of amides is 1. The van der Waals surface area contributed by atoms with E-state index in [0.717, 1.165) is 53.3 Å². The second-order valence-corrected chi connectivity index (χ2v) is 7.66. The molecule has 174 valence electrons. The summed E-state index contributed by atoms with van der Waals surface area (Å²) >= 11 is 0. The van der Waals surface area contributed by atoms with E-state index in [9.17, 15) is 13.6 Å². The summed E-state index contributed by atoms with van der Waals surface area (Å²) in [7, 11) is 0. The van der Waals surface area contributed by atoms with Crippen LogP contribution < -0.4 is 10.6 Å². The Morgan fingerprint density at radius 3 is 2.52 bits per heavy atom. The maximum absolute atomic E-state index is 13.6. The Kier molecular flexibility index (Phi) is 7.92. The van der Waals surface area contributed by atoms with Crippen molar-refractivity contribution in [1.82, 2.24) is 15.1 Å². The first-order chi connectivity index (χ1) is 15.8. The molecule has 3 aromatic rings. The van der Waals surface area contributed by atoms with Crippen molar-refractivity contribution in [2.45, 2.75) is 47.1 Å². The van der Waals surface area contributed by atoms with Gasteiger partial charge in [-0.2, -0.15) is 5.10 Å². The molecule has 1 amide bonds. The van der Waals surface area contributed by atoms with Crippen LogP contribution in [-0.4, -0.2) is 28.2 Å². The minimum Gasteiger partial charge on any atom is -0.326 e. The number of anilines is 1. The number of aromatic nitrogens is 2. The minimum absolute atomic E-state index is 0.00286. The highest BCUT2D eigenvalue weighted by molar-refractivity contribution is 6.10. The summed E-state index contributed by atoms with van der Waals surface area (Å²) in [6.45, 7) is 9.28. The van der Waals surface area contributed by atoms with E-state index in [1.54, 1.807) is 0 Å². The zero-order valence-electron chi connectivity index (χ0n) is 19.4. The molecule has 0 aliphatic rings. The maximum atomic E-state index is 13.6. The number of para-hydroxylation sites is 1. The van der Waals surface area contributed by atoms with Gasteiger partial charge in [0.05, 0.1) is 5.69 Å². The quantitative estimate of drug-likeness (QED) is 0.399. The molecule has 33 heavy (non-hydrogen) atoms. The number of hydrogen-bond donors (Lipinski definition) is 2. The van der Waals surface area contributed by atoms with Crippen LogP contribution in [0, 0.1) is 25.5 Å². The molecule has 1 aromatic heterocycles. The van der Waals surface area contributed by atoms with Gasteiger partial charge in [0.2, 0.25) is 5.96 Å². The van der Waals surface area contributed by atoms with Crippen molar-refractivity contribution in [2.24, 2.45) is 4.99 Å². The van der Waals surface area contributed by atoms with Crippen LogP contribution in [0.1, 0.15) is 46.7 Å². The fraction of sp³-hybridized carbons (Fsp3) is 0.320.